The van der Waals surface area contributed by atoms with Crippen LogP contribution in [0.3, 0.4) is 0 Å². The summed E-state index contributed by atoms with van der Waals surface area (Å²) in [5.41, 5.74) is 4.75. The van der Waals surface area contributed by atoms with Crippen molar-refractivity contribution in [1.82, 2.24) is 0 Å². The Balaban J connectivity index is 1.40. The summed E-state index contributed by atoms with van der Waals surface area (Å²) in [4.78, 5) is 52.2. The van der Waals surface area contributed by atoms with E-state index in [0.717, 1.165) is 44.5 Å². The minimum atomic E-state index is -5.27. The van der Waals surface area contributed by atoms with Crippen LogP contribution in [0.15, 0.2) is 72.8 Å². The molecule has 11 heteroatoms. The van der Waals surface area contributed by atoms with Gasteiger partial charge < -0.3 is 0 Å². The van der Waals surface area contributed by atoms with Crippen LogP contribution in [0.25, 0.3) is 0 Å². The van der Waals surface area contributed by atoms with Gasteiger partial charge in [0.25, 0.3) is 0 Å². The first-order valence-corrected chi connectivity index (χ1v) is 26.5. The molecule has 0 radical (unpaired) electrons. The summed E-state index contributed by atoms with van der Waals surface area (Å²) in [6, 6.07) is 23.3. The Bertz CT molecular complexity index is 1910. The first kappa shape index (κ1) is 53.0. The van der Waals surface area contributed by atoms with Crippen molar-refractivity contribution in [1.29, 1.82) is 0 Å². The molecule has 4 aromatic carbocycles. The first-order valence-electron chi connectivity index (χ1n) is 22.3. The normalized spacial score (nSPS) is 14.6. The van der Waals surface area contributed by atoms with Crippen molar-refractivity contribution in [3.8, 4) is 0 Å². The molecule has 0 fully saturated rings. The van der Waals surface area contributed by atoms with Crippen LogP contribution in [0.2, 0.25) is 0 Å². The first-order chi connectivity index (χ1) is 28.9. The second-order valence-electron chi connectivity index (χ2n) is 21.3. The van der Waals surface area contributed by atoms with Crippen molar-refractivity contribution in [3.05, 3.63) is 117 Å². The van der Waals surface area contributed by atoms with Crippen molar-refractivity contribution in [2.75, 3.05) is 52.9 Å². The predicted octanol–water partition coefficient (Wildman–Crippen LogP) is 9.36. The molecule has 0 aromatic heterocycles. The molecule has 0 bridgehead atoms. The van der Waals surface area contributed by atoms with Gasteiger partial charge in [-0.05, 0) is 0 Å². The molecule has 0 amide bonds. The summed E-state index contributed by atoms with van der Waals surface area (Å²) in [5.74, 6) is 0. The van der Waals surface area contributed by atoms with Crippen LogP contribution >= 0.6 is 14.6 Å². The van der Waals surface area contributed by atoms with Crippen LogP contribution in [-0.4, -0.2) is 72.4 Å². The molecule has 4 rings (SSSR count). The molecule has 0 saturated heterocycles. The topological polar surface area (TPSA) is 127 Å². The van der Waals surface area contributed by atoms with Crippen LogP contribution in [0, 0.1) is 27.7 Å². The number of hydrogen-bond acceptors (Lipinski definition) is 9. The number of benzene rings is 4. The number of ether oxygens (including phenoxy) is 3. The van der Waals surface area contributed by atoms with Crippen molar-refractivity contribution >= 4 is 35.8 Å². The number of rotatable bonds is 18. The second kappa shape index (κ2) is 19.3. The van der Waals surface area contributed by atoms with Gasteiger partial charge in [-0.3, -0.25) is 0 Å². The Morgan fingerprint density at radius 2 is 0.524 bits per heavy atom. The van der Waals surface area contributed by atoms with Gasteiger partial charge in [0, 0.05) is 0 Å². The predicted molar refractivity (Wildman–Crippen MR) is 265 cm³/mol. The maximum absolute atomic E-state index is 13.1. The SMILES string of the molecule is Cc1cccc(C(C)(C)C)c1P(O)(O)(OCCOCCOCCOCCOP(O)(O)(c1c(C)cccc1C(C)(C)C)c1c(C)cccc1C(C)(C)C)c1c(C)cccc1C(C)(C)C. The molecule has 0 aliphatic heterocycles. The second-order valence-corrected chi connectivity index (χ2v) is 27.4. The van der Waals surface area contributed by atoms with Gasteiger partial charge in [0.1, 0.15) is 0 Å². The maximum atomic E-state index is 13.1. The van der Waals surface area contributed by atoms with E-state index in [9.17, 15) is 19.6 Å². The monoisotopic (exact) mass is 911 g/mol. The van der Waals surface area contributed by atoms with Gasteiger partial charge >= 0.3 is 381 Å². The quantitative estimate of drug-likeness (QED) is 0.0571. The third kappa shape index (κ3) is 11.7. The molecule has 4 aromatic rings. The minimum absolute atomic E-state index is 0.0515. The standard InChI is InChI=1S/C52H80O9P2/c1-37-21-17-25-41(49(5,6)7)45(37)62(53,54,46-38(2)22-18-26-42(46)50(8,9)10)60-35-33-58-31-29-57-30-32-59-34-36-61-63(55,56,47-39(3)23-19-27-43(47)51(11,12)13)48-40(4)24-20-28-44(48)52(14,15)16/h17-28,53-56H,29-36H2,1-16H3. The van der Waals surface area contributed by atoms with E-state index in [0.29, 0.717) is 21.2 Å². The molecule has 0 unspecified atom stereocenters. The molecule has 0 aliphatic rings. The van der Waals surface area contributed by atoms with Crippen molar-refractivity contribution in [3.63, 3.8) is 0 Å². The van der Waals surface area contributed by atoms with E-state index in [-0.39, 0.29) is 52.9 Å². The molecule has 0 atom stereocenters. The zero-order valence-corrected chi connectivity index (χ0v) is 43.1. The van der Waals surface area contributed by atoms with Gasteiger partial charge in [-0.1, -0.05) is 0 Å². The molecule has 0 heterocycles. The Kier molecular flexibility index (Phi) is 16.2. The summed E-state index contributed by atoms with van der Waals surface area (Å²) >= 11 is 0. The van der Waals surface area contributed by atoms with Crippen LogP contribution in [0.5, 0.6) is 0 Å². The molecule has 9 nitrogen and oxygen atoms in total. The Labute approximate surface area is 379 Å². The molecule has 0 spiro atoms. The average molecular weight is 911 g/mol. The zero-order chi connectivity index (χ0) is 47.5. The van der Waals surface area contributed by atoms with Gasteiger partial charge in [-0.25, -0.2) is 0 Å². The Hall–Kier alpha value is -2.62. The van der Waals surface area contributed by atoms with Crippen LogP contribution < -0.4 is 21.2 Å². The van der Waals surface area contributed by atoms with Gasteiger partial charge in [0.05, 0.1) is 0 Å². The summed E-state index contributed by atoms with van der Waals surface area (Å²) in [7, 11) is -10.5. The summed E-state index contributed by atoms with van der Waals surface area (Å²) in [6.45, 7) is 33.7. The third-order valence-corrected chi connectivity index (χ3v) is 18.6. The van der Waals surface area contributed by atoms with E-state index in [2.05, 4.69) is 83.1 Å². The Morgan fingerprint density at radius 1 is 0.333 bits per heavy atom. The van der Waals surface area contributed by atoms with E-state index >= 15 is 0 Å². The van der Waals surface area contributed by atoms with Crippen LogP contribution in [0.1, 0.15) is 128 Å². The van der Waals surface area contributed by atoms with E-state index < -0.39 is 36.2 Å². The molecule has 0 saturated carbocycles. The fraction of sp³-hybridized carbons (Fsp3) is 0.538. The summed E-state index contributed by atoms with van der Waals surface area (Å²) in [6.07, 6.45) is 0. The molecule has 0 aliphatic carbocycles. The molecular formula is C52H80O9P2. The summed E-state index contributed by atoms with van der Waals surface area (Å²) in [5, 5.41) is 1.78. The van der Waals surface area contributed by atoms with Gasteiger partial charge in [-0.15, -0.1) is 0 Å². The van der Waals surface area contributed by atoms with Gasteiger partial charge in [-0.2, -0.15) is 0 Å². The average Bonchev–Trinajstić information content (AvgIpc) is 3.14. The summed E-state index contributed by atoms with van der Waals surface area (Å²) < 4.78 is 30.5. The molecule has 63 heavy (non-hydrogen) atoms. The number of aryl methyl sites for hydroxylation is 4. The fourth-order valence-electron chi connectivity index (χ4n) is 8.76. The third-order valence-electron chi connectivity index (χ3n) is 11.7. The molecule has 4 N–H and O–H groups in total. The van der Waals surface area contributed by atoms with E-state index in [4.69, 9.17) is 23.3 Å². The van der Waals surface area contributed by atoms with Crippen LogP contribution in [0.4, 0.5) is 0 Å². The van der Waals surface area contributed by atoms with E-state index in [1.165, 1.54) is 0 Å². The molecular weight excluding hydrogens is 831 g/mol. The fourth-order valence-corrected chi connectivity index (χ4v) is 16.8. The van der Waals surface area contributed by atoms with Crippen LogP contribution in [-0.2, 0) is 44.9 Å². The zero-order valence-electron chi connectivity index (χ0n) is 41.3. The van der Waals surface area contributed by atoms with Crippen molar-refractivity contribution < 1.29 is 42.8 Å². The van der Waals surface area contributed by atoms with Crippen molar-refractivity contribution in [2.24, 2.45) is 0 Å². The van der Waals surface area contributed by atoms with E-state index in [1.807, 2.05) is 100 Å². The van der Waals surface area contributed by atoms with Gasteiger partial charge in [0.2, 0.25) is 0 Å². The number of hydrogen-bond donors (Lipinski definition) is 4. The van der Waals surface area contributed by atoms with E-state index in [1.54, 1.807) is 0 Å². The van der Waals surface area contributed by atoms with Crippen molar-refractivity contribution in [2.45, 2.75) is 132 Å². The van der Waals surface area contributed by atoms with Gasteiger partial charge in [0.15, 0.2) is 0 Å². The molecule has 352 valence electrons. The Morgan fingerprint density at radius 3 is 0.714 bits per heavy atom.